The van der Waals surface area contributed by atoms with Crippen LogP contribution in [-0.4, -0.2) is 7.85 Å². The Balaban J connectivity index is 2.63. The lowest BCUT2D eigenvalue weighted by atomic mass is 9.92. The molecule has 2 aromatic carbocycles. The number of halogens is 6. The van der Waals surface area contributed by atoms with E-state index in [0.29, 0.717) is 17.6 Å². The second-order valence-corrected chi connectivity index (χ2v) is 4.42. The maximum Gasteiger partial charge on any atom is 0.416 e. The number of hydrogen-bond donors (Lipinski definition) is 0. The molecule has 0 saturated carbocycles. The molecule has 108 valence electrons. The van der Waals surface area contributed by atoms with E-state index in [1.807, 2.05) is 0 Å². The lowest BCUT2D eigenvalue weighted by Gasteiger charge is -2.14. The van der Waals surface area contributed by atoms with Gasteiger partial charge in [0.25, 0.3) is 0 Å². The zero-order valence-electron chi connectivity index (χ0n) is 10.4. The van der Waals surface area contributed by atoms with Crippen LogP contribution in [0.25, 0.3) is 11.1 Å². The van der Waals surface area contributed by atoms with Crippen molar-refractivity contribution in [2.45, 2.75) is 12.4 Å². The van der Waals surface area contributed by atoms with Gasteiger partial charge in [-0.1, -0.05) is 29.7 Å². The first-order valence-electron chi connectivity index (χ1n) is 5.73. The van der Waals surface area contributed by atoms with Gasteiger partial charge in [0.2, 0.25) is 0 Å². The highest BCUT2D eigenvalue weighted by atomic mass is 19.4. The molecule has 0 heterocycles. The number of benzene rings is 2. The second kappa shape index (κ2) is 5.13. The fourth-order valence-electron chi connectivity index (χ4n) is 1.80. The first kappa shape index (κ1) is 15.5. The molecule has 2 rings (SSSR count). The summed E-state index contributed by atoms with van der Waals surface area (Å²) in [5.74, 6) is 0. The van der Waals surface area contributed by atoms with Crippen molar-refractivity contribution in [3.8, 4) is 11.1 Å². The van der Waals surface area contributed by atoms with Crippen molar-refractivity contribution in [3.63, 3.8) is 0 Å². The maximum atomic E-state index is 12.7. The van der Waals surface area contributed by atoms with Crippen molar-refractivity contribution in [1.29, 1.82) is 0 Å². The number of rotatable bonds is 1. The van der Waals surface area contributed by atoms with Gasteiger partial charge in [0.05, 0.1) is 11.1 Å². The second-order valence-electron chi connectivity index (χ2n) is 4.42. The fourth-order valence-corrected chi connectivity index (χ4v) is 1.80. The third kappa shape index (κ3) is 3.59. The molecular formula is C14H7BF6. The molecule has 0 N–H and O–H groups in total. The molecule has 0 fully saturated rings. The summed E-state index contributed by atoms with van der Waals surface area (Å²) < 4.78 is 76.4. The first-order valence-corrected chi connectivity index (χ1v) is 5.73. The molecule has 0 spiro atoms. The Morgan fingerprint density at radius 3 is 1.43 bits per heavy atom. The highest BCUT2D eigenvalue weighted by Gasteiger charge is 2.36. The largest absolute Gasteiger partial charge is 0.416 e. The monoisotopic (exact) mass is 300 g/mol. The van der Waals surface area contributed by atoms with E-state index in [1.54, 1.807) is 0 Å². The summed E-state index contributed by atoms with van der Waals surface area (Å²) >= 11 is 0. The summed E-state index contributed by atoms with van der Waals surface area (Å²) in [7, 11) is 5.44. The van der Waals surface area contributed by atoms with Gasteiger partial charge in [-0.05, 0) is 29.3 Å². The lowest BCUT2D eigenvalue weighted by Crippen LogP contribution is -2.11. The van der Waals surface area contributed by atoms with Crippen molar-refractivity contribution < 1.29 is 26.3 Å². The minimum atomic E-state index is -4.86. The molecule has 0 aliphatic rings. The zero-order chi connectivity index (χ0) is 15.8. The van der Waals surface area contributed by atoms with Crippen LogP contribution in [0, 0.1) is 0 Å². The van der Waals surface area contributed by atoms with E-state index in [2.05, 4.69) is 0 Å². The molecule has 0 bridgehead atoms. The Morgan fingerprint density at radius 2 is 1.05 bits per heavy atom. The Morgan fingerprint density at radius 1 is 0.619 bits per heavy atom. The molecule has 0 nitrogen and oxygen atoms in total. The van der Waals surface area contributed by atoms with E-state index in [-0.39, 0.29) is 17.2 Å². The average Bonchev–Trinajstić information content (AvgIpc) is 2.37. The van der Waals surface area contributed by atoms with Crippen molar-refractivity contribution in [2.24, 2.45) is 0 Å². The molecule has 0 saturated heterocycles. The number of hydrogen-bond acceptors (Lipinski definition) is 0. The molecule has 7 heteroatoms. The molecular weight excluding hydrogens is 293 g/mol. The smallest absolute Gasteiger partial charge is 0.166 e. The van der Waals surface area contributed by atoms with Crippen LogP contribution < -0.4 is 5.46 Å². The summed E-state index contributed by atoms with van der Waals surface area (Å²) in [5.41, 5.74) is -2.27. The van der Waals surface area contributed by atoms with Crippen LogP contribution >= 0.6 is 0 Å². The third-order valence-corrected chi connectivity index (χ3v) is 2.83. The van der Waals surface area contributed by atoms with Gasteiger partial charge < -0.3 is 0 Å². The van der Waals surface area contributed by atoms with E-state index in [1.165, 1.54) is 24.3 Å². The summed E-state index contributed by atoms with van der Waals surface area (Å²) in [6.07, 6.45) is -9.71. The third-order valence-electron chi connectivity index (χ3n) is 2.83. The fraction of sp³-hybridized carbons (Fsp3) is 0.143. The molecule has 0 aliphatic carbocycles. The Hall–Kier alpha value is -1.92. The molecule has 0 amide bonds. The summed E-state index contributed by atoms with van der Waals surface area (Å²) in [6.45, 7) is 0. The predicted octanol–water partition coefficient (Wildman–Crippen LogP) is 4.19. The summed E-state index contributed by atoms with van der Waals surface area (Å²) in [5, 5.41) is 0. The number of alkyl halides is 6. The highest BCUT2D eigenvalue weighted by molar-refractivity contribution is 6.32. The Labute approximate surface area is 117 Å². The summed E-state index contributed by atoms with van der Waals surface area (Å²) in [4.78, 5) is 0. The van der Waals surface area contributed by atoms with Crippen molar-refractivity contribution in [3.05, 3.63) is 53.6 Å². The topological polar surface area (TPSA) is 0 Å². The van der Waals surface area contributed by atoms with Crippen LogP contribution in [0.2, 0.25) is 0 Å². The van der Waals surface area contributed by atoms with Crippen LogP contribution in [-0.2, 0) is 12.4 Å². The van der Waals surface area contributed by atoms with Crippen LogP contribution in [0.5, 0.6) is 0 Å². The van der Waals surface area contributed by atoms with E-state index in [9.17, 15) is 26.3 Å². The van der Waals surface area contributed by atoms with Gasteiger partial charge in [0.15, 0.2) is 0 Å². The quantitative estimate of drug-likeness (QED) is 0.547. The minimum absolute atomic E-state index is 0.0980. The Kier molecular flexibility index (Phi) is 3.78. The summed E-state index contributed by atoms with van der Waals surface area (Å²) in [6, 6.07) is 7.00. The van der Waals surface area contributed by atoms with Crippen molar-refractivity contribution >= 4 is 13.3 Å². The van der Waals surface area contributed by atoms with Crippen molar-refractivity contribution in [2.75, 3.05) is 0 Å². The van der Waals surface area contributed by atoms with E-state index < -0.39 is 23.5 Å². The van der Waals surface area contributed by atoms with Crippen molar-refractivity contribution in [1.82, 2.24) is 0 Å². The van der Waals surface area contributed by atoms with Gasteiger partial charge in [-0.3, -0.25) is 0 Å². The highest BCUT2D eigenvalue weighted by Crippen LogP contribution is 2.38. The molecule has 2 radical (unpaired) electrons. The Bertz CT molecular complexity index is 608. The normalized spacial score (nSPS) is 12.5. The first-order chi connectivity index (χ1) is 9.57. The van der Waals surface area contributed by atoms with Gasteiger partial charge >= 0.3 is 12.4 Å². The SMILES string of the molecule is [B]c1ccc(-c2cc(C(F)(F)F)cc(C(F)(F)F)c2)cc1. The predicted molar refractivity (Wildman–Crippen MR) is 67.3 cm³/mol. The average molecular weight is 300 g/mol. The van der Waals surface area contributed by atoms with E-state index >= 15 is 0 Å². The van der Waals surface area contributed by atoms with Gasteiger partial charge in [-0.25, -0.2) is 0 Å². The van der Waals surface area contributed by atoms with Gasteiger partial charge in [-0.15, -0.1) is 0 Å². The maximum absolute atomic E-state index is 12.7. The van der Waals surface area contributed by atoms with Gasteiger partial charge in [-0.2, -0.15) is 26.3 Å². The van der Waals surface area contributed by atoms with Crippen LogP contribution in [0.4, 0.5) is 26.3 Å². The van der Waals surface area contributed by atoms with Gasteiger partial charge in [0.1, 0.15) is 7.85 Å². The molecule has 0 aromatic heterocycles. The lowest BCUT2D eigenvalue weighted by molar-refractivity contribution is -0.143. The van der Waals surface area contributed by atoms with Crippen LogP contribution in [0.1, 0.15) is 11.1 Å². The van der Waals surface area contributed by atoms with Crippen LogP contribution in [0.15, 0.2) is 42.5 Å². The zero-order valence-corrected chi connectivity index (χ0v) is 10.4. The molecule has 0 unspecified atom stereocenters. The minimum Gasteiger partial charge on any atom is -0.166 e. The van der Waals surface area contributed by atoms with E-state index in [0.717, 1.165) is 0 Å². The molecule has 21 heavy (non-hydrogen) atoms. The molecule has 0 aliphatic heterocycles. The standard InChI is InChI=1S/C14H7BF6/c15-12-3-1-8(2-4-12)9-5-10(13(16,17)18)7-11(6-9)14(19,20)21/h1-7H. The molecule has 2 aromatic rings. The van der Waals surface area contributed by atoms with Crippen LogP contribution in [0.3, 0.4) is 0 Å². The molecule has 0 atom stereocenters. The van der Waals surface area contributed by atoms with E-state index in [4.69, 9.17) is 7.85 Å². The van der Waals surface area contributed by atoms with Gasteiger partial charge in [0, 0.05) is 0 Å².